The molecule has 2 saturated carbocycles. The van der Waals surface area contributed by atoms with Crippen molar-refractivity contribution in [3.8, 4) is 0 Å². The molecule has 3 aliphatic rings. The molecule has 42 heavy (non-hydrogen) atoms. The number of piperazine rings is 1. The molecule has 3 fully saturated rings. The normalized spacial score (nSPS) is 20.5. The number of halogens is 1. The first-order valence-electron chi connectivity index (χ1n) is 14.5. The van der Waals surface area contributed by atoms with Crippen molar-refractivity contribution in [2.75, 3.05) is 43.9 Å². The molecule has 2 atom stereocenters. The Labute approximate surface area is 249 Å². The molecule has 7 rings (SSSR count). The maximum absolute atomic E-state index is 13.6. The van der Waals surface area contributed by atoms with Crippen LogP contribution in [0.5, 0.6) is 0 Å². The summed E-state index contributed by atoms with van der Waals surface area (Å²) < 4.78 is 1.99. The molecular formula is C31H33ClN8O2. The average molecular weight is 585 g/mol. The topological polar surface area (TPSA) is 108 Å². The second kappa shape index (κ2) is 11.0. The minimum Gasteiger partial charge on any atom is -0.364 e. The summed E-state index contributed by atoms with van der Waals surface area (Å²) in [6, 6.07) is 11.4. The van der Waals surface area contributed by atoms with Crippen LogP contribution in [0.3, 0.4) is 0 Å². The van der Waals surface area contributed by atoms with E-state index in [1.165, 1.54) is 11.9 Å². The molecule has 0 bridgehead atoms. The van der Waals surface area contributed by atoms with E-state index in [1.54, 1.807) is 6.07 Å². The summed E-state index contributed by atoms with van der Waals surface area (Å²) in [7, 11) is 2.08. The number of hydrogen-bond acceptors (Lipinski definition) is 7. The van der Waals surface area contributed by atoms with Crippen molar-refractivity contribution in [3.63, 3.8) is 0 Å². The van der Waals surface area contributed by atoms with Crippen LogP contribution in [-0.2, 0) is 11.3 Å². The second-order valence-corrected chi connectivity index (χ2v) is 12.1. The number of anilines is 2. The predicted molar refractivity (Wildman–Crippen MR) is 161 cm³/mol. The van der Waals surface area contributed by atoms with Gasteiger partial charge in [0.2, 0.25) is 5.91 Å². The Morgan fingerprint density at radius 2 is 1.81 bits per heavy atom. The Bertz CT molecular complexity index is 1660. The van der Waals surface area contributed by atoms with Crippen LogP contribution < -0.4 is 10.6 Å². The van der Waals surface area contributed by atoms with Gasteiger partial charge >= 0.3 is 0 Å². The summed E-state index contributed by atoms with van der Waals surface area (Å²) in [6.45, 7) is 3.60. The van der Waals surface area contributed by atoms with Gasteiger partial charge in [-0.2, -0.15) is 0 Å². The molecule has 216 valence electrons. The van der Waals surface area contributed by atoms with E-state index in [2.05, 4.69) is 38.7 Å². The Balaban J connectivity index is 1.03. The van der Waals surface area contributed by atoms with Crippen LogP contribution in [0.15, 0.2) is 55.1 Å². The van der Waals surface area contributed by atoms with Crippen molar-refractivity contribution in [2.24, 2.45) is 5.92 Å². The van der Waals surface area contributed by atoms with Crippen molar-refractivity contribution in [1.82, 2.24) is 29.2 Å². The molecule has 0 spiro atoms. The number of imidazole rings is 1. The number of pyridine rings is 1. The van der Waals surface area contributed by atoms with Crippen molar-refractivity contribution in [1.29, 1.82) is 0 Å². The fourth-order valence-corrected chi connectivity index (χ4v) is 5.94. The van der Waals surface area contributed by atoms with Crippen molar-refractivity contribution in [3.05, 3.63) is 82.5 Å². The second-order valence-electron chi connectivity index (χ2n) is 11.7. The van der Waals surface area contributed by atoms with Gasteiger partial charge in [-0.25, -0.2) is 15.0 Å². The number of amides is 2. The first kappa shape index (κ1) is 26.9. The quantitative estimate of drug-likeness (QED) is 0.316. The third-order valence-corrected chi connectivity index (χ3v) is 8.70. The number of hydrogen-bond donors (Lipinski definition) is 2. The van der Waals surface area contributed by atoms with Crippen molar-refractivity contribution < 1.29 is 9.59 Å². The van der Waals surface area contributed by atoms with E-state index >= 15 is 0 Å². The van der Waals surface area contributed by atoms with Crippen molar-refractivity contribution in [2.45, 2.75) is 37.6 Å². The Kier molecular flexibility index (Phi) is 7.03. The summed E-state index contributed by atoms with van der Waals surface area (Å²) in [6.07, 6.45) is 8.62. The number of nitrogens with zero attached hydrogens (tertiary/aromatic N) is 6. The number of carbonyl (C=O) groups excluding carboxylic acids is 2. The van der Waals surface area contributed by atoms with Crippen LogP contribution in [0.1, 0.15) is 58.3 Å². The van der Waals surface area contributed by atoms with Gasteiger partial charge in [0.25, 0.3) is 5.91 Å². The van der Waals surface area contributed by atoms with E-state index < -0.39 is 0 Å². The largest absolute Gasteiger partial charge is 0.364 e. The molecule has 11 heteroatoms. The minimum absolute atomic E-state index is 0.0464. The molecular weight excluding hydrogens is 552 g/mol. The number of carbonyl (C=O) groups is 2. The van der Waals surface area contributed by atoms with E-state index in [-0.39, 0.29) is 23.7 Å². The number of likely N-dealkylation sites (N-methyl/N-ethyl adjacent to an activating group) is 1. The average Bonchev–Trinajstić information content (AvgIpc) is 3.92. The number of benzene rings is 1. The molecule has 1 saturated heterocycles. The molecule has 3 aromatic heterocycles. The fourth-order valence-electron chi connectivity index (χ4n) is 5.75. The third-order valence-electron chi connectivity index (χ3n) is 8.46. The van der Waals surface area contributed by atoms with E-state index in [1.807, 2.05) is 45.8 Å². The molecule has 4 aromatic rings. The lowest BCUT2D eigenvalue weighted by Gasteiger charge is -2.32. The third kappa shape index (κ3) is 5.69. The highest BCUT2D eigenvalue weighted by Crippen LogP contribution is 2.48. The van der Waals surface area contributed by atoms with Crippen LogP contribution in [0.25, 0.3) is 5.65 Å². The SMILES string of the molecule is CN1CCN(C(=O)c2cc(C3CC3)cn3cc(CNc4cc(NC(=O)[C@H]5C[C@@H]5c5cccc(Cl)c5)ncn4)nc23)CC1. The molecule has 4 heterocycles. The number of nitrogens with one attached hydrogen (secondary N) is 2. The van der Waals surface area contributed by atoms with E-state index in [0.29, 0.717) is 40.3 Å². The minimum atomic E-state index is -0.101. The van der Waals surface area contributed by atoms with Crippen LogP contribution >= 0.6 is 11.6 Å². The Morgan fingerprint density at radius 3 is 2.60 bits per heavy atom. The van der Waals surface area contributed by atoms with Crippen LogP contribution in [-0.4, -0.2) is 74.2 Å². The maximum atomic E-state index is 13.6. The van der Waals surface area contributed by atoms with Crippen LogP contribution in [0, 0.1) is 5.92 Å². The van der Waals surface area contributed by atoms with Gasteiger partial charge in [0.15, 0.2) is 0 Å². The standard InChI is InChI=1S/C31H33ClN8O2/c1-38-7-9-39(10-8-38)31(42)26-12-21(19-5-6-19)16-40-17-23(36-29(26)40)15-33-27-14-28(35-18-34-27)37-30(41)25-13-24(25)20-3-2-4-22(32)11-20/h2-4,11-12,14,16-19,24-25H,5-10,13,15H2,1H3,(H2,33,34,35,37,41)/t24-,25+/m1/s1. The zero-order valence-corrected chi connectivity index (χ0v) is 24.2. The number of rotatable bonds is 8. The summed E-state index contributed by atoms with van der Waals surface area (Å²) in [4.78, 5) is 44.0. The van der Waals surface area contributed by atoms with Crippen LogP contribution in [0.2, 0.25) is 5.02 Å². The summed E-state index contributed by atoms with van der Waals surface area (Å²) in [5.74, 6) is 1.59. The van der Waals surface area contributed by atoms with E-state index in [0.717, 1.165) is 56.7 Å². The predicted octanol–water partition coefficient (Wildman–Crippen LogP) is 4.40. The smallest absolute Gasteiger partial charge is 0.257 e. The number of aromatic nitrogens is 4. The van der Waals surface area contributed by atoms with Gasteiger partial charge < -0.3 is 24.8 Å². The molecule has 0 radical (unpaired) electrons. The molecule has 10 nitrogen and oxygen atoms in total. The zero-order valence-electron chi connectivity index (χ0n) is 23.5. The zero-order chi connectivity index (χ0) is 28.8. The summed E-state index contributed by atoms with van der Waals surface area (Å²) >= 11 is 6.12. The lowest BCUT2D eigenvalue weighted by Crippen LogP contribution is -2.47. The van der Waals surface area contributed by atoms with Gasteiger partial charge in [0.05, 0.1) is 17.8 Å². The highest BCUT2D eigenvalue weighted by atomic mass is 35.5. The van der Waals surface area contributed by atoms with Gasteiger partial charge in [-0.05, 0) is 67.5 Å². The van der Waals surface area contributed by atoms with E-state index in [9.17, 15) is 9.59 Å². The van der Waals surface area contributed by atoms with Gasteiger partial charge in [0.1, 0.15) is 23.6 Å². The van der Waals surface area contributed by atoms with E-state index in [4.69, 9.17) is 16.6 Å². The first-order chi connectivity index (χ1) is 20.4. The first-order valence-corrected chi connectivity index (χ1v) is 14.9. The van der Waals surface area contributed by atoms with Gasteiger partial charge in [0, 0.05) is 55.6 Å². The van der Waals surface area contributed by atoms with Crippen molar-refractivity contribution >= 4 is 40.7 Å². The van der Waals surface area contributed by atoms with Gasteiger partial charge in [-0.15, -0.1) is 0 Å². The van der Waals surface area contributed by atoms with Gasteiger partial charge in [-0.1, -0.05) is 23.7 Å². The Morgan fingerprint density at radius 1 is 1.00 bits per heavy atom. The highest BCUT2D eigenvalue weighted by molar-refractivity contribution is 6.30. The fraction of sp³-hybridized carbons (Fsp3) is 0.387. The molecule has 1 aliphatic heterocycles. The summed E-state index contributed by atoms with van der Waals surface area (Å²) in [5.41, 5.74) is 4.41. The highest BCUT2D eigenvalue weighted by Gasteiger charge is 2.44. The maximum Gasteiger partial charge on any atom is 0.257 e. The number of fused-ring (bicyclic) bond motifs is 1. The Hall–Kier alpha value is -4.02. The lowest BCUT2D eigenvalue weighted by atomic mass is 10.1. The summed E-state index contributed by atoms with van der Waals surface area (Å²) in [5, 5.41) is 6.90. The molecule has 1 aromatic carbocycles. The molecule has 2 amide bonds. The monoisotopic (exact) mass is 584 g/mol. The van der Waals surface area contributed by atoms with Gasteiger partial charge in [-0.3, -0.25) is 9.59 Å². The molecule has 0 unspecified atom stereocenters. The molecule has 2 N–H and O–H groups in total. The molecule has 2 aliphatic carbocycles. The van der Waals surface area contributed by atoms with Crippen LogP contribution in [0.4, 0.5) is 11.6 Å². The lowest BCUT2D eigenvalue weighted by molar-refractivity contribution is -0.117.